The highest BCUT2D eigenvalue weighted by molar-refractivity contribution is 5.51. The molecule has 0 heterocycles. The number of rotatable bonds is 3. The summed E-state index contributed by atoms with van der Waals surface area (Å²) >= 11 is 0. The van der Waals surface area contributed by atoms with E-state index in [-0.39, 0.29) is 22.5 Å². The van der Waals surface area contributed by atoms with E-state index < -0.39 is 28.9 Å². The summed E-state index contributed by atoms with van der Waals surface area (Å²) in [4.78, 5) is 0. The summed E-state index contributed by atoms with van der Waals surface area (Å²) in [5, 5.41) is 0. The molecule has 2 aromatic rings. The Hall–Kier alpha value is -2.38. The molecule has 0 bridgehead atoms. The molecule has 1 atom stereocenters. The number of alkyl halides is 6. The predicted molar refractivity (Wildman–Crippen MR) is 83.9 cm³/mol. The summed E-state index contributed by atoms with van der Waals surface area (Å²) < 4.78 is 85.7. The largest absolute Gasteiger partial charge is 0.433 e. The Labute approximate surface area is 140 Å². The van der Waals surface area contributed by atoms with Crippen molar-refractivity contribution in [1.29, 1.82) is 0 Å². The first-order valence-corrected chi connectivity index (χ1v) is 7.19. The van der Waals surface area contributed by atoms with Crippen LogP contribution in [0, 0.1) is 13.8 Å². The van der Waals surface area contributed by atoms with Crippen molar-refractivity contribution in [2.45, 2.75) is 31.6 Å². The molecule has 0 spiro atoms. The first kappa shape index (κ1) is 19.0. The minimum atomic E-state index is -5.87. The Kier molecular flexibility index (Phi) is 4.44. The van der Waals surface area contributed by atoms with Crippen LogP contribution in [0.5, 0.6) is 0 Å². The van der Waals surface area contributed by atoms with Crippen LogP contribution in [0.15, 0.2) is 36.4 Å². The summed E-state index contributed by atoms with van der Waals surface area (Å²) in [6.45, 7) is 2.24. The smallest absolute Gasteiger partial charge is 0.399 e. The summed E-state index contributed by atoms with van der Waals surface area (Å²) in [5.41, 5.74) is 3.22. The van der Waals surface area contributed by atoms with Crippen molar-refractivity contribution in [2.24, 2.45) is 0 Å². The number of hydrogen-bond donors (Lipinski definition) is 2. The molecule has 2 nitrogen and oxygen atoms in total. The van der Waals surface area contributed by atoms with Crippen LogP contribution in [0.3, 0.4) is 0 Å². The van der Waals surface area contributed by atoms with E-state index in [1.54, 1.807) is 0 Å². The average Bonchev–Trinajstić information content (AvgIpc) is 2.44. The lowest BCUT2D eigenvalue weighted by atomic mass is 9.81. The number of anilines is 2. The maximum atomic E-state index is 15.2. The lowest BCUT2D eigenvalue weighted by molar-refractivity contribution is -0.315. The fourth-order valence-electron chi connectivity index (χ4n) is 2.80. The van der Waals surface area contributed by atoms with Gasteiger partial charge in [-0.15, -0.1) is 0 Å². The number of hydrogen-bond acceptors (Lipinski definition) is 2. The third kappa shape index (κ3) is 2.89. The van der Waals surface area contributed by atoms with Crippen molar-refractivity contribution < 1.29 is 26.3 Å². The Morgan fingerprint density at radius 3 is 1.44 bits per heavy atom. The summed E-state index contributed by atoms with van der Waals surface area (Å²) in [7, 11) is 0. The second-order valence-electron chi connectivity index (χ2n) is 5.88. The van der Waals surface area contributed by atoms with Crippen LogP contribution < -0.4 is 11.5 Å². The maximum Gasteiger partial charge on any atom is 0.433 e. The molecule has 2 aromatic carbocycles. The molecule has 4 N–H and O–H groups in total. The topological polar surface area (TPSA) is 52.0 Å². The van der Waals surface area contributed by atoms with Gasteiger partial charge in [-0.1, -0.05) is 12.1 Å². The van der Waals surface area contributed by atoms with Crippen LogP contribution in [0.2, 0.25) is 0 Å². The van der Waals surface area contributed by atoms with Gasteiger partial charge in [0.2, 0.25) is 0 Å². The van der Waals surface area contributed by atoms with Gasteiger partial charge < -0.3 is 11.5 Å². The van der Waals surface area contributed by atoms with Gasteiger partial charge in [-0.3, -0.25) is 0 Å². The molecule has 1 unspecified atom stereocenters. The summed E-state index contributed by atoms with van der Waals surface area (Å²) in [5.74, 6) is -4.89. The van der Waals surface area contributed by atoms with E-state index in [0.717, 1.165) is 38.1 Å². The third-order valence-electron chi connectivity index (χ3n) is 4.03. The van der Waals surface area contributed by atoms with Crippen molar-refractivity contribution in [3.05, 3.63) is 58.7 Å². The fourth-order valence-corrected chi connectivity index (χ4v) is 2.80. The van der Waals surface area contributed by atoms with Gasteiger partial charge in [0, 0.05) is 22.5 Å². The minimum absolute atomic E-state index is 0.0396. The second-order valence-corrected chi connectivity index (χ2v) is 5.88. The van der Waals surface area contributed by atoms with E-state index >= 15 is 4.39 Å². The predicted octanol–water partition coefficient (Wildman–Crippen LogP) is 4.99. The van der Waals surface area contributed by atoms with Gasteiger partial charge in [-0.05, 0) is 49.2 Å². The maximum absolute atomic E-state index is 15.2. The van der Waals surface area contributed by atoms with Gasteiger partial charge in [0.1, 0.15) is 0 Å². The molecule has 136 valence electrons. The Bertz CT molecular complexity index is 800. The summed E-state index contributed by atoms with van der Waals surface area (Å²) in [6, 6.07) is 5.38. The molecule has 8 heteroatoms. The molecule has 0 fully saturated rings. The molecule has 0 aliphatic heterocycles. The molecule has 2 rings (SSSR count). The van der Waals surface area contributed by atoms with Crippen molar-refractivity contribution in [2.75, 3.05) is 11.5 Å². The quantitative estimate of drug-likeness (QED) is 0.597. The van der Waals surface area contributed by atoms with Crippen LogP contribution in [-0.4, -0.2) is 6.18 Å². The van der Waals surface area contributed by atoms with Crippen LogP contribution in [0.25, 0.3) is 0 Å². The van der Waals surface area contributed by atoms with E-state index in [2.05, 4.69) is 0 Å². The second kappa shape index (κ2) is 5.86. The SMILES string of the molecule is Cc1cc(N)ccc1C(F)(F)C(F)(c1ccc(N)cc1C)C(F)(F)F. The molecule has 0 amide bonds. The number of aryl methyl sites for hydroxylation is 2. The molecule has 0 saturated carbocycles. The Morgan fingerprint density at radius 2 is 1.08 bits per heavy atom. The average molecular weight is 362 g/mol. The standard InChI is InChI=1S/C17H16F6N2/c1-9-7-11(24)3-5-13(9)15(18,17(21,22)23)16(19,20)14-6-4-12(25)8-10(14)2/h3-8H,24-25H2,1-2H3. The Morgan fingerprint density at radius 1 is 0.680 bits per heavy atom. The van der Waals surface area contributed by atoms with Crippen molar-refractivity contribution in [3.63, 3.8) is 0 Å². The lowest BCUT2D eigenvalue weighted by Crippen LogP contribution is -2.51. The highest BCUT2D eigenvalue weighted by Gasteiger charge is 2.73. The third-order valence-corrected chi connectivity index (χ3v) is 4.03. The van der Waals surface area contributed by atoms with Crippen LogP contribution in [-0.2, 0) is 11.6 Å². The minimum Gasteiger partial charge on any atom is -0.399 e. The molecular weight excluding hydrogens is 346 g/mol. The van der Waals surface area contributed by atoms with Gasteiger partial charge in [0.15, 0.2) is 0 Å². The molecule has 25 heavy (non-hydrogen) atoms. The Balaban J connectivity index is 2.80. The molecule has 0 aromatic heterocycles. The van der Waals surface area contributed by atoms with Crippen LogP contribution in [0.4, 0.5) is 37.7 Å². The zero-order valence-corrected chi connectivity index (χ0v) is 13.4. The van der Waals surface area contributed by atoms with Gasteiger partial charge in [-0.2, -0.15) is 22.0 Å². The normalized spacial score (nSPS) is 15.0. The summed E-state index contributed by atoms with van der Waals surface area (Å²) in [6.07, 6.45) is -5.87. The lowest BCUT2D eigenvalue weighted by Gasteiger charge is -2.37. The monoisotopic (exact) mass is 362 g/mol. The van der Waals surface area contributed by atoms with Crippen molar-refractivity contribution >= 4 is 11.4 Å². The van der Waals surface area contributed by atoms with Gasteiger partial charge in [0.25, 0.3) is 5.67 Å². The van der Waals surface area contributed by atoms with Crippen molar-refractivity contribution in [3.8, 4) is 0 Å². The number of nitrogen functional groups attached to an aromatic ring is 2. The molecule has 0 aliphatic carbocycles. The first-order chi connectivity index (χ1) is 11.3. The first-order valence-electron chi connectivity index (χ1n) is 7.19. The van der Waals surface area contributed by atoms with E-state index in [0.29, 0.717) is 12.1 Å². The number of benzene rings is 2. The van der Waals surface area contributed by atoms with Gasteiger partial charge >= 0.3 is 12.1 Å². The van der Waals surface area contributed by atoms with Crippen molar-refractivity contribution in [1.82, 2.24) is 0 Å². The fraction of sp³-hybridized carbons (Fsp3) is 0.294. The van der Waals surface area contributed by atoms with Gasteiger partial charge in [0.05, 0.1) is 0 Å². The van der Waals surface area contributed by atoms with E-state index in [4.69, 9.17) is 11.5 Å². The highest BCUT2D eigenvalue weighted by Crippen LogP contribution is 2.58. The molecule has 0 saturated heterocycles. The zero-order chi connectivity index (χ0) is 19.2. The molecule has 0 aliphatic rings. The number of nitrogens with two attached hydrogens (primary N) is 2. The van der Waals surface area contributed by atoms with Gasteiger partial charge in [-0.25, -0.2) is 4.39 Å². The van der Waals surface area contributed by atoms with Crippen LogP contribution >= 0.6 is 0 Å². The van der Waals surface area contributed by atoms with E-state index in [9.17, 15) is 22.0 Å². The molecular formula is C17H16F6N2. The van der Waals surface area contributed by atoms with Crippen LogP contribution in [0.1, 0.15) is 22.3 Å². The highest BCUT2D eigenvalue weighted by atomic mass is 19.4. The zero-order valence-electron chi connectivity index (χ0n) is 13.4. The number of halogens is 6. The van der Waals surface area contributed by atoms with E-state index in [1.165, 1.54) is 0 Å². The molecule has 0 radical (unpaired) electrons. The van der Waals surface area contributed by atoms with E-state index in [1.807, 2.05) is 0 Å².